The lowest BCUT2D eigenvalue weighted by Gasteiger charge is -2.31. The van der Waals surface area contributed by atoms with Crippen molar-refractivity contribution in [3.63, 3.8) is 0 Å². The fourth-order valence-electron chi connectivity index (χ4n) is 4.25. The second-order valence-electron chi connectivity index (χ2n) is 8.09. The van der Waals surface area contributed by atoms with Crippen LogP contribution >= 0.6 is 11.3 Å². The van der Waals surface area contributed by atoms with Gasteiger partial charge in [-0.25, -0.2) is 4.79 Å². The van der Waals surface area contributed by atoms with E-state index in [4.69, 9.17) is 4.74 Å². The third-order valence-corrected chi connectivity index (χ3v) is 7.20. The fourth-order valence-corrected chi connectivity index (χ4v) is 5.33. The highest BCUT2D eigenvalue weighted by Crippen LogP contribution is 2.50. The lowest BCUT2D eigenvalue weighted by Crippen LogP contribution is -2.42. The molecule has 4 rings (SSSR count). The molecule has 2 aromatic rings. The van der Waals surface area contributed by atoms with Crippen molar-refractivity contribution in [1.82, 2.24) is 0 Å². The monoisotopic (exact) mass is 426 g/mol. The van der Waals surface area contributed by atoms with Crippen molar-refractivity contribution < 1.29 is 24.5 Å². The Balaban J connectivity index is 1.63. The van der Waals surface area contributed by atoms with Gasteiger partial charge in [0.1, 0.15) is 0 Å². The highest BCUT2D eigenvalue weighted by molar-refractivity contribution is 7.12. The molecule has 2 heterocycles. The Bertz CT molecular complexity index is 957. The van der Waals surface area contributed by atoms with Gasteiger partial charge in [-0.1, -0.05) is 37.3 Å². The summed E-state index contributed by atoms with van der Waals surface area (Å²) in [5.74, 6) is -1.90. The van der Waals surface area contributed by atoms with E-state index < -0.39 is 23.6 Å². The molecule has 0 spiro atoms. The molecule has 0 saturated heterocycles. The van der Waals surface area contributed by atoms with E-state index in [1.54, 1.807) is 0 Å². The van der Waals surface area contributed by atoms with Crippen molar-refractivity contribution >= 4 is 23.1 Å². The number of hydrogen-bond acceptors (Lipinski definition) is 6. The van der Waals surface area contributed by atoms with E-state index >= 15 is 0 Å². The highest BCUT2D eigenvalue weighted by Gasteiger charge is 2.47. The summed E-state index contributed by atoms with van der Waals surface area (Å²) in [7, 11) is 0. The maximum Gasteiger partial charge on any atom is 0.339 e. The lowest BCUT2D eigenvalue weighted by atomic mass is 9.83. The zero-order valence-electron chi connectivity index (χ0n) is 16.9. The van der Waals surface area contributed by atoms with Crippen molar-refractivity contribution in [3.8, 4) is 0 Å². The van der Waals surface area contributed by atoms with Crippen LogP contribution < -0.4 is 0 Å². The van der Waals surface area contributed by atoms with Crippen molar-refractivity contribution in [3.05, 3.63) is 69.1 Å². The van der Waals surface area contributed by atoms with Crippen LogP contribution in [0.5, 0.6) is 0 Å². The zero-order valence-corrected chi connectivity index (χ0v) is 17.7. The molecule has 3 unspecified atom stereocenters. The minimum atomic E-state index is -0.970. The Labute approximate surface area is 180 Å². The predicted molar refractivity (Wildman–Crippen MR) is 114 cm³/mol. The summed E-state index contributed by atoms with van der Waals surface area (Å²) in [5.41, 5.74) is 1.15. The molecule has 1 saturated carbocycles. The number of Topliss-reactive ketones (excluding diaryl/α,β-unsaturated/α-hetero) is 1. The molecule has 2 N–H and O–H groups in total. The molecule has 1 aliphatic heterocycles. The number of aliphatic hydroxyl groups is 2. The quantitative estimate of drug-likeness (QED) is 0.615. The summed E-state index contributed by atoms with van der Waals surface area (Å²) in [5, 5.41) is 20.2. The van der Waals surface area contributed by atoms with Crippen molar-refractivity contribution in [2.24, 2.45) is 11.8 Å². The molecular weight excluding hydrogens is 400 g/mol. The summed E-state index contributed by atoms with van der Waals surface area (Å²) in [6.45, 7) is 1.89. The number of esters is 1. The highest BCUT2D eigenvalue weighted by atomic mass is 32.1. The Kier molecular flexibility index (Phi) is 6.06. The van der Waals surface area contributed by atoms with Crippen LogP contribution in [0, 0.1) is 11.8 Å². The molecule has 30 heavy (non-hydrogen) atoms. The Morgan fingerprint density at radius 2 is 1.87 bits per heavy atom. The van der Waals surface area contributed by atoms with Crippen LogP contribution in [0.4, 0.5) is 0 Å². The number of cyclic esters (lactones) is 1. The summed E-state index contributed by atoms with van der Waals surface area (Å²) in [6, 6.07) is 13.5. The molecule has 5 nitrogen and oxygen atoms in total. The number of thiophene rings is 1. The maximum atomic E-state index is 13.1. The average Bonchev–Trinajstić information content (AvgIpc) is 3.49. The van der Waals surface area contributed by atoms with Gasteiger partial charge >= 0.3 is 5.97 Å². The minimum absolute atomic E-state index is 0.0732. The largest absolute Gasteiger partial charge is 0.504 e. The maximum absolute atomic E-state index is 13.1. The number of carbonyl (C=O) groups is 2. The van der Waals surface area contributed by atoms with Gasteiger partial charge in [0, 0.05) is 21.6 Å². The smallest absolute Gasteiger partial charge is 0.339 e. The lowest BCUT2D eigenvalue weighted by molar-refractivity contribution is -0.158. The molecule has 1 aromatic carbocycles. The molecule has 1 aliphatic carbocycles. The van der Waals surface area contributed by atoms with E-state index in [9.17, 15) is 19.8 Å². The predicted octanol–water partition coefficient (Wildman–Crippen LogP) is 4.31. The van der Waals surface area contributed by atoms with Gasteiger partial charge in [-0.3, -0.25) is 4.79 Å². The normalized spacial score (nSPS) is 21.5. The van der Waals surface area contributed by atoms with E-state index in [2.05, 4.69) is 0 Å². The second-order valence-corrected chi connectivity index (χ2v) is 9.29. The van der Waals surface area contributed by atoms with Crippen LogP contribution in [-0.2, 0) is 27.4 Å². The van der Waals surface area contributed by atoms with E-state index in [-0.39, 0.29) is 29.9 Å². The standard InChI is InChI=1S/C24H26O5S/c1-2-15(12-14-6-4-3-5-7-14)23-22(27)21(26)20(24(28)29-23)19(16-8-9-16)18-11-10-17(13-25)30-18/h3-7,10-11,15-16,19,23,25-26H,2,8-9,12-13H2,1H3. The number of aliphatic hydroxyl groups excluding tert-OH is 2. The summed E-state index contributed by atoms with van der Waals surface area (Å²) >= 11 is 1.41. The molecule has 2 aliphatic rings. The zero-order chi connectivity index (χ0) is 21.3. The molecule has 158 valence electrons. The van der Waals surface area contributed by atoms with E-state index in [0.29, 0.717) is 12.8 Å². The van der Waals surface area contributed by atoms with Gasteiger partial charge in [-0.05, 0) is 49.3 Å². The van der Waals surface area contributed by atoms with Gasteiger partial charge in [0.15, 0.2) is 11.9 Å². The molecule has 3 atom stereocenters. The third-order valence-electron chi connectivity index (χ3n) is 6.04. The third kappa shape index (κ3) is 4.07. The first-order valence-electron chi connectivity index (χ1n) is 10.4. The first kappa shape index (κ1) is 20.8. The van der Waals surface area contributed by atoms with Crippen LogP contribution in [0.2, 0.25) is 0 Å². The van der Waals surface area contributed by atoms with Crippen LogP contribution in [0.15, 0.2) is 53.8 Å². The van der Waals surface area contributed by atoms with Gasteiger partial charge in [0.05, 0.1) is 12.2 Å². The molecule has 0 radical (unpaired) electrons. The SMILES string of the molecule is CCC(Cc1ccccc1)C1OC(=O)C(C(c2ccc(CO)s2)C2CC2)=C(O)C1=O. The van der Waals surface area contributed by atoms with Gasteiger partial charge < -0.3 is 14.9 Å². The number of rotatable bonds is 8. The van der Waals surface area contributed by atoms with Gasteiger partial charge in [-0.15, -0.1) is 11.3 Å². The Morgan fingerprint density at radius 3 is 2.47 bits per heavy atom. The van der Waals surface area contributed by atoms with E-state index in [0.717, 1.165) is 28.2 Å². The average molecular weight is 427 g/mol. The topological polar surface area (TPSA) is 83.8 Å². The number of ether oxygens (including phenoxy) is 1. The van der Waals surface area contributed by atoms with Crippen LogP contribution in [0.25, 0.3) is 0 Å². The van der Waals surface area contributed by atoms with Crippen LogP contribution in [-0.4, -0.2) is 28.1 Å². The molecule has 0 amide bonds. The summed E-state index contributed by atoms with van der Waals surface area (Å²) in [6.07, 6.45) is 2.15. The molecule has 6 heteroatoms. The molecule has 0 bridgehead atoms. The molecule has 1 aromatic heterocycles. The van der Waals surface area contributed by atoms with E-state index in [1.165, 1.54) is 11.3 Å². The summed E-state index contributed by atoms with van der Waals surface area (Å²) in [4.78, 5) is 27.8. The Hall–Kier alpha value is -2.44. The van der Waals surface area contributed by atoms with Gasteiger partial charge in [0.2, 0.25) is 5.78 Å². The number of ketones is 1. The van der Waals surface area contributed by atoms with Crippen LogP contribution in [0.1, 0.15) is 47.4 Å². The fraction of sp³-hybridized carbons (Fsp3) is 0.417. The molecular formula is C24H26O5S. The first-order valence-corrected chi connectivity index (χ1v) is 11.3. The second kappa shape index (κ2) is 8.74. The van der Waals surface area contributed by atoms with Crippen molar-refractivity contribution in [2.45, 2.75) is 51.2 Å². The van der Waals surface area contributed by atoms with Crippen molar-refractivity contribution in [1.29, 1.82) is 0 Å². The Morgan fingerprint density at radius 1 is 1.13 bits per heavy atom. The number of hydrogen-bond donors (Lipinski definition) is 2. The van der Waals surface area contributed by atoms with Crippen LogP contribution in [0.3, 0.4) is 0 Å². The number of carbonyl (C=O) groups excluding carboxylic acids is 2. The summed E-state index contributed by atoms with van der Waals surface area (Å²) < 4.78 is 5.67. The minimum Gasteiger partial charge on any atom is -0.504 e. The van der Waals surface area contributed by atoms with Crippen molar-refractivity contribution in [2.75, 3.05) is 0 Å². The number of benzene rings is 1. The first-order chi connectivity index (χ1) is 14.5. The molecule has 1 fully saturated rings. The van der Waals surface area contributed by atoms with Gasteiger partial charge in [0.25, 0.3) is 0 Å². The van der Waals surface area contributed by atoms with Gasteiger partial charge in [-0.2, -0.15) is 0 Å². The van der Waals surface area contributed by atoms with E-state index in [1.807, 2.05) is 49.4 Å².